The Morgan fingerprint density at radius 1 is 1.28 bits per heavy atom. The Morgan fingerprint density at radius 3 is 2.76 bits per heavy atom. The largest absolute Gasteiger partial charge is 0.387 e. The van der Waals surface area contributed by atoms with Crippen molar-refractivity contribution in [3.8, 4) is 0 Å². The maximum Gasteiger partial charge on any atom is 0.243 e. The van der Waals surface area contributed by atoms with E-state index in [1.54, 1.807) is 6.07 Å². The van der Waals surface area contributed by atoms with E-state index in [2.05, 4.69) is 5.32 Å². The Balaban J connectivity index is 1.68. The summed E-state index contributed by atoms with van der Waals surface area (Å²) in [5.74, 6) is -1.01. The van der Waals surface area contributed by atoms with E-state index in [0.29, 0.717) is 12.0 Å². The van der Waals surface area contributed by atoms with Gasteiger partial charge >= 0.3 is 0 Å². The average Bonchev–Trinajstić information content (AvgIpc) is 2.99. The molecule has 2 atom stereocenters. The molecule has 6 heteroatoms. The van der Waals surface area contributed by atoms with Crippen LogP contribution in [0.15, 0.2) is 48.5 Å². The van der Waals surface area contributed by atoms with Gasteiger partial charge in [0.15, 0.2) is 0 Å². The zero-order valence-corrected chi connectivity index (χ0v) is 13.8. The molecule has 130 valence electrons. The summed E-state index contributed by atoms with van der Waals surface area (Å²) in [5, 5.41) is 12.8. The summed E-state index contributed by atoms with van der Waals surface area (Å²) in [7, 11) is 0. The van der Waals surface area contributed by atoms with Crippen LogP contribution in [0, 0.1) is 5.82 Å². The molecule has 3 rings (SSSR count). The number of halogens is 1. The van der Waals surface area contributed by atoms with Gasteiger partial charge in [0.2, 0.25) is 11.8 Å². The first-order chi connectivity index (χ1) is 12.0. The molecule has 25 heavy (non-hydrogen) atoms. The van der Waals surface area contributed by atoms with E-state index in [4.69, 9.17) is 0 Å². The van der Waals surface area contributed by atoms with Crippen molar-refractivity contribution in [1.29, 1.82) is 0 Å². The fourth-order valence-electron chi connectivity index (χ4n) is 3.13. The molecule has 0 spiro atoms. The fourth-order valence-corrected chi connectivity index (χ4v) is 3.13. The van der Waals surface area contributed by atoms with Crippen LogP contribution in [0.4, 0.5) is 10.1 Å². The summed E-state index contributed by atoms with van der Waals surface area (Å²) >= 11 is 0. The molecule has 0 fully saturated rings. The summed E-state index contributed by atoms with van der Waals surface area (Å²) in [6.45, 7) is 1.37. The average molecular weight is 342 g/mol. The van der Waals surface area contributed by atoms with Crippen LogP contribution in [0.3, 0.4) is 0 Å². The van der Waals surface area contributed by atoms with Crippen molar-refractivity contribution in [2.75, 3.05) is 11.4 Å². The number of hydrogen-bond donors (Lipinski definition) is 2. The molecule has 2 N–H and O–H groups in total. The van der Waals surface area contributed by atoms with E-state index >= 15 is 0 Å². The van der Waals surface area contributed by atoms with Gasteiger partial charge in [-0.15, -0.1) is 0 Å². The second-order valence-electron chi connectivity index (χ2n) is 6.05. The van der Waals surface area contributed by atoms with Gasteiger partial charge < -0.3 is 10.4 Å². The first-order valence-electron chi connectivity index (χ1n) is 8.06. The van der Waals surface area contributed by atoms with E-state index in [0.717, 1.165) is 11.3 Å². The van der Waals surface area contributed by atoms with E-state index in [-0.39, 0.29) is 18.4 Å². The molecule has 2 aromatic rings. The van der Waals surface area contributed by atoms with Gasteiger partial charge in [-0.3, -0.25) is 14.5 Å². The molecule has 1 unspecified atom stereocenters. The van der Waals surface area contributed by atoms with Crippen molar-refractivity contribution >= 4 is 17.5 Å². The minimum atomic E-state index is -1.02. The number of rotatable bonds is 4. The lowest BCUT2D eigenvalue weighted by molar-refractivity contribution is -0.125. The number of para-hydroxylation sites is 1. The van der Waals surface area contributed by atoms with Gasteiger partial charge in [0, 0.05) is 25.6 Å². The lowest BCUT2D eigenvalue weighted by Crippen LogP contribution is -2.48. The Labute approximate surface area is 145 Å². The molecule has 0 aromatic heterocycles. The van der Waals surface area contributed by atoms with Crippen LogP contribution in [-0.4, -0.2) is 29.5 Å². The molecular weight excluding hydrogens is 323 g/mol. The lowest BCUT2D eigenvalue weighted by atomic mass is 10.1. The zero-order chi connectivity index (χ0) is 18.0. The van der Waals surface area contributed by atoms with Crippen molar-refractivity contribution in [2.24, 2.45) is 0 Å². The van der Waals surface area contributed by atoms with E-state index in [1.165, 1.54) is 30.0 Å². The number of nitrogens with zero attached hydrogens (tertiary/aromatic N) is 1. The highest BCUT2D eigenvalue weighted by molar-refractivity contribution is 6.02. The van der Waals surface area contributed by atoms with Crippen LogP contribution in [0.1, 0.15) is 24.2 Å². The summed E-state index contributed by atoms with van der Waals surface area (Å²) in [4.78, 5) is 26.0. The Morgan fingerprint density at radius 2 is 2.04 bits per heavy atom. The number of hydrogen-bond acceptors (Lipinski definition) is 3. The summed E-state index contributed by atoms with van der Waals surface area (Å²) in [6.07, 6.45) is -0.591. The number of fused-ring (bicyclic) bond motifs is 1. The molecule has 1 aliphatic heterocycles. The van der Waals surface area contributed by atoms with E-state index in [1.807, 2.05) is 24.3 Å². The monoisotopic (exact) mass is 342 g/mol. The molecular formula is C19H19FN2O3. The Hall–Kier alpha value is -2.73. The first kappa shape index (κ1) is 17.1. The molecule has 5 nitrogen and oxygen atoms in total. The van der Waals surface area contributed by atoms with Crippen LogP contribution in [-0.2, 0) is 16.0 Å². The molecule has 1 heterocycles. The maximum absolute atomic E-state index is 13.2. The third kappa shape index (κ3) is 3.53. The SMILES string of the molecule is CC(=O)N1c2ccccc2C[C@H]1C(=O)NCC(O)c1cccc(F)c1. The van der Waals surface area contributed by atoms with Crippen LogP contribution in [0.5, 0.6) is 0 Å². The molecule has 2 amide bonds. The highest BCUT2D eigenvalue weighted by Gasteiger charge is 2.36. The number of carbonyl (C=O) groups excluding carboxylic acids is 2. The normalized spacial score (nSPS) is 17.1. The highest BCUT2D eigenvalue weighted by atomic mass is 19.1. The second-order valence-corrected chi connectivity index (χ2v) is 6.05. The van der Waals surface area contributed by atoms with Crippen LogP contribution >= 0.6 is 0 Å². The van der Waals surface area contributed by atoms with E-state index < -0.39 is 18.0 Å². The predicted octanol–water partition coefficient (Wildman–Crippen LogP) is 1.95. The van der Waals surface area contributed by atoms with Crippen LogP contribution < -0.4 is 10.2 Å². The summed E-state index contributed by atoms with van der Waals surface area (Å²) in [6, 6.07) is 12.3. The number of nitrogens with one attached hydrogen (secondary N) is 1. The van der Waals surface area contributed by atoms with Crippen molar-refractivity contribution in [2.45, 2.75) is 25.5 Å². The maximum atomic E-state index is 13.2. The minimum absolute atomic E-state index is 0.0547. The molecule has 2 aromatic carbocycles. The Bertz CT molecular complexity index is 809. The van der Waals surface area contributed by atoms with Gasteiger partial charge in [0.05, 0.1) is 6.10 Å². The number of anilines is 1. The molecule has 0 radical (unpaired) electrons. The van der Waals surface area contributed by atoms with Gasteiger partial charge in [-0.1, -0.05) is 30.3 Å². The van der Waals surface area contributed by atoms with Crippen LogP contribution in [0.25, 0.3) is 0 Å². The van der Waals surface area contributed by atoms with Gasteiger partial charge in [-0.05, 0) is 29.3 Å². The molecule has 1 aliphatic rings. The predicted molar refractivity (Wildman–Crippen MR) is 91.5 cm³/mol. The highest BCUT2D eigenvalue weighted by Crippen LogP contribution is 2.32. The molecule has 0 saturated heterocycles. The van der Waals surface area contributed by atoms with E-state index in [9.17, 15) is 19.1 Å². The molecule has 0 bridgehead atoms. The van der Waals surface area contributed by atoms with Crippen molar-refractivity contribution in [3.63, 3.8) is 0 Å². The third-order valence-electron chi connectivity index (χ3n) is 4.32. The molecule has 0 aliphatic carbocycles. The fraction of sp³-hybridized carbons (Fsp3) is 0.263. The van der Waals surface area contributed by atoms with Gasteiger partial charge in [0.1, 0.15) is 11.9 Å². The number of carbonyl (C=O) groups is 2. The Kier molecular flexibility index (Phi) is 4.81. The van der Waals surface area contributed by atoms with Crippen LogP contribution in [0.2, 0.25) is 0 Å². The van der Waals surface area contributed by atoms with Gasteiger partial charge in [-0.2, -0.15) is 0 Å². The second kappa shape index (κ2) is 7.03. The third-order valence-corrected chi connectivity index (χ3v) is 4.32. The minimum Gasteiger partial charge on any atom is -0.387 e. The van der Waals surface area contributed by atoms with Gasteiger partial charge in [-0.25, -0.2) is 4.39 Å². The zero-order valence-electron chi connectivity index (χ0n) is 13.8. The van der Waals surface area contributed by atoms with Gasteiger partial charge in [0.25, 0.3) is 0 Å². The number of amides is 2. The quantitative estimate of drug-likeness (QED) is 0.892. The van der Waals surface area contributed by atoms with Crippen molar-refractivity contribution in [3.05, 3.63) is 65.5 Å². The standard InChI is InChI=1S/C19H19FN2O3/c1-12(23)22-16-8-3-2-5-13(16)10-17(22)19(25)21-11-18(24)14-6-4-7-15(20)9-14/h2-9,17-18,24H,10-11H2,1H3,(H,21,25)/t17-,18?/m0/s1. The first-order valence-corrected chi connectivity index (χ1v) is 8.06. The summed E-state index contributed by atoms with van der Waals surface area (Å²) in [5.41, 5.74) is 2.06. The molecule has 0 saturated carbocycles. The smallest absolute Gasteiger partial charge is 0.243 e. The number of aliphatic hydroxyl groups excluding tert-OH is 1. The number of aliphatic hydroxyl groups is 1. The lowest BCUT2D eigenvalue weighted by Gasteiger charge is -2.24. The van der Waals surface area contributed by atoms with Crippen molar-refractivity contribution < 1.29 is 19.1 Å². The topological polar surface area (TPSA) is 69.6 Å². The van der Waals surface area contributed by atoms with Crippen molar-refractivity contribution in [1.82, 2.24) is 5.32 Å². The summed E-state index contributed by atoms with van der Waals surface area (Å²) < 4.78 is 13.2. The number of benzene rings is 2.